The van der Waals surface area contributed by atoms with Gasteiger partial charge in [-0.2, -0.15) is 0 Å². The van der Waals surface area contributed by atoms with Crippen LogP contribution in [-0.2, 0) is 4.79 Å². The minimum absolute atomic E-state index is 0.438. The third-order valence-corrected chi connectivity index (χ3v) is 2.79. The molecule has 0 aliphatic heterocycles. The molecule has 3 N–H and O–H groups in total. The van der Waals surface area contributed by atoms with Crippen LogP contribution < -0.4 is 10.6 Å². The van der Waals surface area contributed by atoms with Gasteiger partial charge in [-0.15, -0.1) is 0 Å². The van der Waals surface area contributed by atoms with E-state index in [0.717, 1.165) is 5.56 Å². The molecule has 0 saturated carbocycles. The number of aryl methyl sites for hydroxylation is 1. The lowest BCUT2D eigenvalue weighted by molar-refractivity contribution is -0.141. The maximum Gasteiger partial charge on any atom is 0.319 e. The SMILES string of the molecule is Cc1ccncc1NC(=O)NC(C)C(C)C(=O)O. The molecule has 1 heterocycles. The third kappa shape index (κ3) is 3.73. The number of pyridine rings is 1. The normalized spacial score (nSPS) is 13.5. The monoisotopic (exact) mass is 251 g/mol. The Morgan fingerprint density at radius 1 is 1.39 bits per heavy atom. The molecule has 0 bridgehead atoms. The predicted octanol–water partition coefficient (Wildman–Crippen LogP) is 1.62. The number of nitrogens with one attached hydrogen (secondary N) is 2. The summed E-state index contributed by atoms with van der Waals surface area (Å²) in [7, 11) is 0. The number of carboxylic acid groups (broad SMARTS) is 1. The number of aliphatic carboxylic acids is 1. The highest BCUT2D eigenvalue weighted by Gasteiger charge is 2.20. The molecule has 2 unspecified atom stereocenters. The number of nitrogens with zero attached hydrogens (tertiary/aromatic N) is 1. The van der Waals surface area contributed by atoms with Gasteiger partial charge in [-0.1, -0.05) is 0 Å². The largest absolute Gasteiger partial charge is 0.481 e. The maximum atomic E-state index is 11.7. The Hall–Kier alpha value is -2.11. The summed E-state index contributed by atoms with van der Waals surface area (Å²) in [5.41, 5.74) is 1.49. The summed E-state index contributed by atoms with van der Waals surface area (Å²) in [4.78, 5) is 26.3. The number of rotatable bonds is 4. The van der Waals surface area contributed by atoms with Crippen LogP contribution in [0.15, 0.2) is 18.5 Å². The first-order valence-electron chi connectivity index (χ1n) is 5.62. The summed E-state index contributed by atoms with van der Waals surface area (Å²) in [5.74, 6) is -1.59. The fourth-order valence-corrected chi connectivity index (χ4v) is 1.30. The third-order valence-electron chi connectivity index (χ3n) is 2.79. The summed E-state index contributed by atoms with van der Waals surface area (Å²) < 4.78 is 0. The number of carbonyl (C=O) groups is 2. The van der Waals surface area contributed by atoms with Gasteiger partial charge in [-0.3, -0.25) is 9.78 Å². The van der Waals surface area contributed by atoms with Crippen molar-refractivity contribution >= 4 is 17.7 Å². The molecule has 1 aromatic rings. The molecule has 18 heavy (non-hydrogen) atoms. The Kier molecular flexibility index (Phi) is 4.65. The van der Waals surface area contributed by atoms with E-state index in [-0.39, 0.29) is 0 Å². The molecule has 1 rings (SSSR count). The number of hydrogen-bond donors (Lipinski definition) is 3. The second-order valence-electron chi connectivity index (χ2n) is 4.20. The van der Waals surface area contributed by atoms with Crippen molar-refractivity contribution < 1.29 is 14.7 Å². The molecule has 2 atom stereocenters. The number of aromatic nitrogens is 1. The van der Waals surface area contributed by atoms with Crippen molar-refractivity contribution in [3.05, 3.63) is 24.0 Å². The Labute approximate surface area is 105 Å². The van der Waals surface area contributed by atoms with E-state index in [0.29, 0.717) is 5.69 Å². The van der Waals surface area contributed by atoms with E-state index in [1.165, 1.54) is 0 Å². The predicted molar refractivity (Wildman–Crippen MR) is 67.4 cm³/mol. The first-order valence-corrected chi connectivity index (χ1v) is 5.62. The number of amides is 2. The van der Waals surface area contributed by atoms with Crippen LogP contribution in [0.25, 0.3) is 0 Å². The van der Waals surface area contributed by atoms with E-state index in [1.54, 1.807) is 32.3 Å². The van der Waals surface area contributed by atoms with Crippen LogP contribution in [0.1, 0.15) is 19.4 Å². The highest BCUT2D eigenvalue weighted by Crippen LogP contribution is 2.11. The number of urea groups is 1. The lowest BCUT2D eigenvalue weighted by Crippen LogP contribution is -2.42. The van der Waals surface area contributed by atoms with E-state index in [2.05, 4.69) is 15.6 Å². The van der Waals surface area contributed by atoms with Crippen molar-refractivity contribution in [2.45, 2.75) is 26.8 Å². The molecule has 0 fully saturated rings. The quantitative estimate of drug-likeness (QED) is 0.758. The topological polar surface area (TPSA) is 91.3 Å². The molecule has 1 aromatic heterocycles. The average molecular weight is 251 g/mol. The van der Waals surface area contributed by atoms with E-state index in [1.807, 2.05) is 6.92 Å². The van der Waals surface area contributed by atoms with Gasteiger partial charge in [-0.25, -0.2) is 4.79 Å². The van der Waals surface area contributed by atoms with Crippen molar-refractivity contribution in [1.82, 2.24) is 10.3 Å². The second-order valence-corrected chi connectivity index (χ2v) is 4.20. The van der Waals surface area contributed by atoms with Gasteiger partial charge in [0.25, 0.3) is 0 Å². The van der Waals surface area contributed by atoms with Gasteiger partial charge >= 0.3 is 12.0 Å². The van der Waals surface area contributed by atoms with Gasteiger partial charge in [0.05, 0.1) is 17.8 Å². The zero-order valence-electron chi connectivity index (χ0n) is 10.6. The van der Waals surface area contributed by atoms with E-state index in [4.69, 9.17) is 5.11 Å². The molecule has 6 nitrogen and oxygen atoms in total. The Bertz CT molecular complexity index is 448. The Morgan fingerprint density at radius 2 is 2.06 bits per heavy atom. The zero-order valence-corrected chi connectivity index (χ0v) is 10.6. The summed E-state index contributed by atoms with van der Waals surface area (Å²) in [6, 6.07) is 0.880. The summed E-state index contributed by atoms with van der Waals surface area (Å²) in [6.07, 6.45) is 3.17. The van der Waals surface area contributed by atoms with Crippen LogP contribution in [0.5, 0.6) is 0 Å². The Balaban J connectivity index is 2.57. The second kappa shape index (κ2) is 6.00. The van der Waals surface area contributed by atoms with Gasteiger partial charge in [0.15, 0.2) is 0 Å². The standard InChI is InChI=1S/C12H17N3O3/c1-7-4-5-13-6-10(7)15-12(18)14-9(3)8(2)11(16)17/h4-6,8-9H,1-3H3,(H,16,17)(H2,14,15,18). The molecule has 0 aromatic carbocycles. The van der Waals surface area contributed by atoms with Crippen molar-refractivity contribution in [3.8, 4) is 0 Å². The number of hydrogen-bond acceptors (Lipinski definition) is 3. The average Bonchev–Trinajstić information content (AvgIpc) is 2.30. The molecule has 0 saturated heterocycles. The van der Waals surface area contributed by atoms with Crippen LogP contribution in [0.3, 0.4) is 0 Å². The molecule has 98 valence electrons. The van der Waals surface area contributed by atoms with Gasteiger partial charge in [-0.05, 0) is 32.4 Å². The summed E-state index contributed by atoms with van der Waals surface area (Å²) in [6.45, 7) is 5.04. The first kappa shape index (κ1) is 14.0. The number of carboxylic acids is 1. The smallest absolute Gasteiger partial charge is 0.319 e. The van der Waals surface area contributed by atoms with E-state index >= 15 is 0 Å². The van der Waals surface area contributed by atoms with E-state index in [9.17, 15) is 9.59 Å². The number of anilines is 1. The van der Waals surface area contributed by atoms with Crippen LogP contribution in [0.2, 0.25) is 0 Å². The molecule has 0 radical (unpaired) electrons. The van der Waals surface area contributed by atoms with Crippen molar-refractivity contribution in [3.63, 3.8) is 0 Å². The van der Waals surface area contributed by atoms with Gasteiger partial charge < -0.3 is 15.7 Å². The van der Waals surface area contributed by atoms with Crippen LogP contribution >= 0.6 is 0 Å². The molecule has 6 heteroatoms. The van der Waals surface area contributed by atoms with Gasteiger partial charge in [0.1, 0.15) is 0 Å². The molecule has 2 amide bonds. The minimum atomic E-state index is -0.944. The lowest BCUT2D eigenvalue weighted by Gasteiger charge is -2.18. The number of carbonyl (C=O) groups excluding carboxylic acids is 1. The van der Waals surface area contributed by atoms with Crippen molar-refractivity contribution in [2.24, 2.45) is 5.92 Å². The fourth-order valence-electron chi connectivity index (χ4n) is 1.30. The maximum absolute atomic E-state index is 11.7. The minimum Gasteiger partial charge on any atom is -0.481 e. The van der Waals surface area contributed by atoms with E-state index < -0.39 is 24.0 Å². The van der Waals surface area contributed by atoms with Crippen molar-refractivity contribution in [1.29, 1.82) is 0 Å². The highest BCUT2D eigenvalue weighted by molar-refractivity contribution is 5.90. The van der Waals surface area contributed by atoms with Crippen LogP contribution in [0, 0.1) is 12.8 Å². The summed E-state index contributed by atoms with van der Waals surface area (Å²) >= 11 is 0. The van der Waals surface area contributed by atoms with Crippen LogP contribution in [0.4, 0.5) is 10.5 Å². The summed E-state index contributed by atoms with van der Waals surface area (Å²) in [5, 5.41) is 14.0. The molecule has 0 aliphatic carbocycles. The molecule has 0 aliphatic rings. The van der Waals surface area contributed by atoms with Gasteiger partial charge in [0, 0.05) is 12.2 Å². The first-order chi connectivity index (χ1) is 8.41. The Morgan fingerprint density at radius 3 is 2.61 bits per heavy atom. The fraction of sp³-hybridized carbons (Fsp3) is 0.417. The lowest BCUT2D eigenvalue weighted by atomic mass is 10.0. The highest BCUT2D eigenvalue weighted by atomic mass is 16.4. The van der Waals surface area contributed by atoms with Crippen LogP contribution in [-0.4, -0.2) is 28.1 Å². The molecular formula is C12H17N3O3. The van der Waals surface area contributed by atoms with Crippen molar-refractivity contribution in [2.75, 3.05) is 5.32 Å². The van der Waals surface area contributed by atoms with Gasteiger partial charge in [0.2, 0.25) is 0 Å². The molecular weight excluding hydrogens is 234 g/mol. The molecule has 0 spiro atoms. The zero-order chi connectivity index (χ0) is 13.7.